The lowest BCUT2D eigenvalue weighted by molar-refractivity contribution is 0.00578. The van der Waals surface area contributed by atoms with Crippen LogP contribution in [0.15, 0.2) is 66.3 Å². The second kappa shape index (κ2) is 11.1. The minimum atomic E-state index is -0.700. The minimum Gasteiger partial charge on any atom is -0.464 e. The summed E-state index contributed by atoms with van der Waals surface area (Å²) in [5.41, 5.74) is 5.85. The summed E-state index contributed by atoms with van der Waals surface area (Å²) in [7, 11) is 0.622. The van der Waals surface area contributed by atoms with Gasteiger partial charge in [-0.25, -0.2) is 14.6 Å². The zero-order valence-corrected chi connectivity index (χ0v) is 24.3. The molecule has 1 fully saturated rings. The van der Waals surface area contributed by atoms with Gasteiger partial charge in [0.2, 0.25) is 0 Å². The van der Waals surface area contributed by atoms with Gasteiger partial charge in [-0.15, -0.1) is 0 Å². The molecule has 0 unspecified atom stereocenters. The number of hydrogen-bond acceptors (Lipinski definition) is 7. The van der Waals surface area contributed by atoms with Crippen molar-refractivity contribution in [3.63, 3.8) is 0 Å². The molecule has 1 saturated heterocycles. The first kappa shape index (κ1) is 28.6. The molecule has 212 valence electrons. The summed E-state index contributed by atoms with van der Waals surface area (Å²) in [5.74, 6) is -0.533. The number of rotatable bonds is 7. The van der Waals surface area contributed by atoms with Crippen LogP contribution in [0.2, 0.25) is 0 Å². The number of carbonyl (C=O) groups excluding carboxylic acids is 2. The highest BCUT2D eigenvalue weighted by Gasteiger charge is 2.52. The highest BCUT2D eigenvalue weighted by Crippen LogP contribution is 2.44. The highest BCUT2D eigenvalue weighted by molar-refractivity contribution is 6.56. The number of benzene rings is 2. The van der Waals surface area contributed by atoms with Crippen LogP contribution in [0.25, 0.3) is 17.2 Å². The monoisotopic (exact) mass is 554 g/mol. The fourth-order valence-electron chi connectivity index (χ4n) is 5.22. The molecule has 41 heavy (non-hydrogen) atoms. The SMILES string of the molecule is COC(=O)c1ncc(C=C(CNC(=O)OCC2c3ccccc3-c3ccccc32)B2OC(C)(C)C(C)(C)O2)cc1C. The number of fused-ring (bicyclic) bond motifs is 3. The van der Waals surface area contributed by atoms with Crippen molar-refractivity contribution in [2.75, 3.05) is 20.3 Å². The van der Waals surface area contributed by atoms with E-state index in [1.54, 1.807) is 13.1 Å². The first-order chi connectivity index (χ1) is 19.5. The van der Waals surface area contributed by atoms with E-state index in [0.717, 1.165) is 16.7 Å². The van der Waals surface area contributed by atoms with Crippen LogP contribution in [0.4, 0.5) is 4.79 Å². The molecule has 0 bridgehead atoms. The van der Waals surface area contributed by atoms with Gasteiger partial charge < -0.3 is 24.1 Å². The highest BCUT2D eigenvalue weighted by atomic mass is 16.7. The summed E-state index contributed by atoms with van der Waals surface area (Å²) in [6.07, 6.45) is 2.90. The van der Waals surface area contributed by atoms with Crippen LogP contribution >= 0.6 is 0 Å². The van der Waals surface area contributed by atoms with Crippen LogP contribution in [-0.4, -0.2) is 55.6 Å². The number of ether oxygens (including phenoxy) is 2. The summed E-state index contributed by atoms with van der Waals surface area (Å²) in [6.45, 7) is 10.0. The molecule has 0 radical (unpaired) electrons. The molecule has 0 spiro atoms. The summed E-state index contributed by atoms with van der Waals surface area (Å²) in [4.78, 5) is 29.2. The summed E-state index contributed by atoms with van der Waals surface area (Å²) < 4.78 is 23.1. The van der Waals surface area contributed by atoms with Gasteiger partial charge in [0.15, 0.2) is 5.69 Å². The van der Waals surface area contributed by atoms with Crippen molar-refractivity contribution in [2.24, 2.45) is 0 Å². The number of aryl methyl sites for hydroxylation is 1. The van der Waals surface area contributed by atoms with Crippen LogP contribution in [0.5, 0.6) is 0 Å². The Morgan fingerprint density at radius 3 is 2.15 bits per heavy atom. The number of alkyl carbamates (subject to hydrolysis) is 1. The van der Waals surface area contributed by atoms with E-state index in [-0.39, 0.29) is 24.8 Å². The Morgan fingerprint density at radius 2 is 1.59 bits per heavy atom. The fourth-order valence-corrected chi connectivity index (χ4v) is 5.22. The number of aromatic nitrogens is 1. The number of nitrogens with one attached hydrogen (secondary N) is 1. The fraction of sp³-hybridized carbons (Fsp3) is 0.344. The van der Waals surface area contributed by atoms with Gasteiger partial charge in [-0.05, 0) is 79.5 Å². The predicted molar refractivity (Wildman–Crippen MR) is 157 cm³/mol. The molecule has 1 aromatic heterocycles. The maximum absolute atomic E-state index is 13.0. The first-order valence-electron chi connectivity index (χ1n) is 13.7. The third-order valence-electron chi connectivity index (χ3n) is 8.17. The molecule has 0 atom stereocenters. The van der Waals surface area contributed by atoms with Crippen molar-refractivity contribution in [2.45, 2.75) is 51.7 Å². The molecule has 2 heterocycles. The Morgan fingerprint density at radius 1 is 1.00 bits per heavy atom. The third kappa shape index (κ3) is 5.65. The van der Waals surface area contributed by atoms with E-state index in [1.807, 2.05) is 64.1 Å². The Kier molecular flexibility index (Phi) is 7.77. The molecule has 2 aromatic carbocycles. The van der Waals surface area contributed by atoms with Gasteiger partial charge in [-0.1, -0.05) is 54.6 Å². The number of methoxy groups -OCH3 is 1. The average Bonchev–Trinajstić information content (AvgIpc) is 3.38. The largest absolute Gasteiger partial charge is 0.492 e. The maximum atomic E-state index is 13.0. The van der Waals surface area contributed by atoms with Crippen LogP contribution in [-0.2, 0) is 18.8 Å². The van der Waals surface area contributed by atoms with E-state index in [1.165, 1.54) is 18.2 Å². The topological polar surface area (TPSA) is 96.0 Å². The van der Waals surface area contributed by atoms with Crippen molar-refractivity contribution in [3.8, 4) is 11.1 Å². The van der Waals surface area contributed by atoms with Gasteiger partial charge in [0.1, 0.15) is 6.61 Å². The number of nitrogens with zero attached hydrogens (tertiary/aromatic N) is 1. The molecule has 1 aliphatic heterocycles. The van der Waals surface area contributed by atoms with Crippen molar-refractivity contribution in [1.82, 2.24) is 10.3 Å². The molecule has 2 aliphatic rings. The zero-order chi connectivity index (χ0) is 29.4. The normalized spacial score (nSPS) is 17.1. The molecule has 1 amide bonds. The average molecular weight is 554 g/mol. The van der Waals surface area contributed by atoms with E-state index in [0.29, 0.717) is 11.0 Å². The van der Waals surface area contributed by atoms with E-state index in [2.05, 4.69) is 34.6 Å². The smallest absolute Gasteiger partial charge is 0.464 e. The zero-order valence-electron chi connectivity index (χ0n) is 24.3. The molecule has 8 nitrogen and oxygen atoms in total. The van der Waals surface area contributed by atoms with E-state index >= 15 is 0 Å². The van der Waals surface area contributed by atoms with Crippen LogP contribution in [0.1, 0.15) is 66.4 Å². The Bertz CT molecular complexity index is 1450. The minimum absolute atomic E-state index is 0.0337. The van der Waals surface area contributed by atoms with Gasteiger partial charge in [0, 0.05) is 18.7 Å². The number of amides is 1. The van der Waals surface area contributed by atoms with E-state index in [4.69, 9.17) is 18.8 Å². The second-order valence-corrected chi connectivity index (χ2v) is 11.4. The molecular weight excluding hydrogens is 519 g/mol. The van der Waals surface area contributed by atoms with Crippen molar-refractivity contribution >= 4 is 25.3 Å². The number of pyridine rings is 1. The first-order valence-corrected chi connectivity index (χ1v) is 13.7. The van der Waals surface area contributed by atoms with Gasteiger partial charge in [-0.3, -0.25) is 0 Å². The molecule has 1 N–H and O–H groups in total. The van der Waals surface area contributed by atoms with Crippen molar-refractivity contribution in [1.29, 1.82) is 0 Å². The molecule has 5 rings (SSSR count). The maximum Gasteiger partial charge on any atom is 0.492 e. The lowest BCUT2D eigenvalue weighted by Crippen LogP contribution is -2.41. The predicted octanol–water partition coefficient (Wildman–Crippen LogP) is 5.73. The van der Waals surface area contributed by atoms with Gasteiger partial charge in [-0.2, -0.15) is 0 Å². The van der Waals surface area contributed by atoms with Crippen LogP contribution < -0.4 is 5.32 Å². The van der Waals surface area contributed by atoms with Crippen molar-refractivity contribution in [3.05, 3.63) is 94.2 Å². The molecule has 9 heteroatoms. The van der Waals surface area contributed by atoms with E-state index in [9.17, 15) is 9.59 Å². The van der Waals surface area contributed by atoms with E-state index < -0.39 is 30.4 Å². The molecule has 0 saturated carbocycles. The van der Waals surface area contributed by atoms with Crippen molar-refractivity contribution < 1.29 is 28.4 Å². The number of esters is 1. The second-order valence-electron chi connectivity index (χ2n) is 11.4. The number of hydrogen-bond donors (Lipinski definition) is 1. The lowest BCUT2D eigenvalue weighted by Gasteiger charge is -2.32. The quantitative estimate of drug-likeness (QED) is 0.294. The van der Waals surface area contributed by atoms with Crippen LogP contribution in [0, 0.1) is 6.92 Å². The Balaban J connectivity index is 1.32. The summed E-state index contributed by atoms with van der Waals surface area (Å²) in [5, 5.41) is 2.88. The standard InChI is InChI=1S/C32H35BN2O6/c1-20-15-21(17-34-28(20)29(36)38-6)16-22(33-40-31(2,3)32(4,5)41-33)18-35-30(37)39-19-27-25-13-9-7-11-23(25)24-12-8-10-14-26(24)27/h7-17,27H,18-19H2,1-6H3,(H,35,37). The lowest BCUT2D eigenvalue weighted by atomic mass is 9.77. The third-order valence-corrected chi connectivity index (χ3v) is 8.17. The molecular formula is C32H35BN2O6. The Labute approximate surface area is 241 Å². The van der Waals surface area contributed by atoms with Gasteiger partial charge in [0.05, 0.1) is 18.3 Å². The van der Waals surface area contributed by atoms with Gasteiger partial charge in [0.25, 0.3) is 0 Å². The number of carbonyl (C=O) groups is 2. The van der Waals surface area contributed by atoms with Gasteiger partial charge >= 0.3 is 19.2 Å². The summed E-state index contributed by atoms with van der Waals surface area (Å²) in [6, 6.07) is 18.3. The molecule has 1 aliphatic carbocycles. The van der Waals surface area contributed by atoms with Crippen LogP contribution in [0.3, 0.4) is 0 Å². The Hall–Kier alpha value is -3.95. The molecule has 3 aromatic rings. The summed E-state index contributed by atoms with van der Waals surface area (Å²) >= 11 is 0.